The van der Waals surface area contributed by atoms with E-state index >= 15 is 0 Å². The number of hydrogen-bond donors (Lipinski definition) is 1. The number of aryl methyl sites for hydroxylation is 3. The number of amides is 1. The van der Waals surface area contributed by atoms with Crippen LogP contribution < -0.4 is 9.73 Å². The van der Waals surface area contributed by atoms with Crippen molar-refractivity contribution >= 4 is 27.3 Å². The second-order valence-corrected chi connectivity index (χ2v) is 9.77. The number of hydrazone groups is 1. The molecule has 1 N–H and O–H groups in total. The van der Waals surface area contributed by atoms with E-state index < -0.39 is 22.5 Å². The van der Waals surface area contributed by atoms with Crippen molar-refractivity contribution in [3.8, 4) is 0 Å². The summed E-state index contributed by atoms with van der Waals surface area (Å²) in [4.78, 5) is 13.0. The number of para-hydroxylation sites is 1. The largest absolute Gasteiger partial charge is 0.271 e. The zero-order valence-electron chi connectivity index (χ0n) is 19.4. The van der Waals surface area contributed by atoms with Gasteiger partial charge >= 0.3 is 0 Å². The summed E-state index contributed by atoms with van der Waals surface area (Å²) < 4.78 is 28.3. The van der Waals surface area contributed by atoms with Crippen LogP contribution in [0, 0.1) is 13.8 Å². The van der Waals surface area contributed by atoms with Gasteiger partial charge in [0.1, 0.15) is 6.54 Å². The minimum Gasteiger partial charge on any atom is -0.271 e. The van der Waals surface area contributed by atoms with E-state index in [0.717, 1.165) is 26.6 Å². The molecule has 6 nitrogen and oxygen atoms in total. The number of carbonyl (C=O) groups excluding carboxylic acids is 1. The molecule has 0 aliphatic rings. The first-order valence-corrected chi connectivity index (χ1v) is 12.2. The number of nitrogens with one attached hydrogen (secondary N) is 1. The van der Waals surface area contributed by atoms with E-state index in [0.29, 0.717) is 17.8 Å². The van der Waals surface area contributed by atoms with Gasteiger partial charge in [0.25, 0.3) is 15.9 Å². The topological polar surface area (TPSA) is 78.8 Å². The normalized spacial score (nSPS) is 11.8. The highest BCUT2D eigenvalue weighted by Crippen LogP contribution is 2.27. The van der Waals surface area contributed by atoms with E-state index in [-0.39, 0.29) is 4.90 Å². The monoisotopic (exact) mass is 463 g/mol. The quantitative estimate of drug-likeness (QED) is 0.392. The number of hydrogen-bond acceptors (Lipinski definition) is 4. The predicted molar refractivity (Wildman–Crippen MR) is 133 cm³/mol. The molecule has 0 atom stereocenters. The van der Waals surface area contributed by atoms with E-state index in [9.17, 15) is 13.2 Å². The number of carbonyl (C=O) groups is 1. The molecule has 33 heavy (non-hydrogen) atoms. The van der Waals surface area contributed by atoms with Crippen molar-refractivity contribution in [2.75, 3.05) is 10.8 Å². The lowest BCUT2D eigenvalue weighted by atomic mass is 10.1. The van der Waals surface area contributed by atoms with Gasteiger partial charge in [0, 0.05) is 0 Å². The lowest BCUT2D eigenvalue weighted by Gasteiger charge is -2.26. The number of nitrogens with zero attached hydrogens (tertiary/aromatic N) is 2. The zero-order chi connectivity index (χ0) is 24.0. The van der Waals surface area contributed by atoms with Gasteiger partial charge in [-0.1, -0.05) is 72.6 Å². The minimum atomic E-state index is -3.97. The van der Waals surface area contributed by atoms with E-state index in [1.54, 1.807) is 43.3 Å². The lowest BCUT2D eigenvalue weighted by molar-refractivity contribution is -0.119. The SMILES string of the molecule is CCc1ccccc1N(CC(=O)N/N=C(/C)c1ccc(C)cc1)S(=O)(=O)c1ccc(C)cc1. The van der Waals surface area contributed by atoms with Crippen molar-refractivity contribution in [2.45, 2.75) is 39.0 Å². The van der Waals surface area contributed by atoms with Gasteiger partial charge in [0.2, 0.25) is 0 Å². The molecule has 0 heterocycles. The highest BCUT2D eigenvalue weighted by atomic mass is 32.2. The molecule has 0 spiro atoms. The van der Waals surface area contributed by atoms with Crippen molar-refractivity contribution in [3.63, 3.8) is 0 Å². The van der Waals surface area contributed by atoms with Crippen LogP contribution >= 0.6 is 0 Å². The second-order valence-electron chi connectivity index (χ2n) is 7.91. The van der Waals surface area contributed by atoms with Crippen molar-refractivity contribution in [1.29, 1.82) is 0 Å². The summed E-state index contributed by atoms with van der Waals surface area (Å²) in [5, 5.41) is 4.18. The van der Waals surface area contributed by atoms with Crippen molar-refractivity contribution in [3.05, 3.63) is 95.1 Å². The molecular formula is C26H29N3O3S. The first kappa shape index (κ1) is 24.2. The van der Waals surface area contributed by atoms with Crippen LogP contribution in [-0.4, -0.2) is 26.6 Å². The molecule has 3 rings (SSSR count). The minimum absolute atomic E-state index is 0.131. The van der Waals surface area contributed by atoms with Gasteiger partial charge in [-0.25, -0.2) is 13.8 Å². The Hall–Kier alpha value is -3.45. The van der Waals surface area contributed by atoms with E-state index in [1.165, 1.54) is 0 Å². The fourth-order valence-electron chi connectivity index (χ4n) is 3.36. The molecule has 0 saturated heterocycles. The van der Waals surface area contributed by atoms with Crippen LogP contribution in [0.5, 0.6) is 0 Å². The maximum atomic E-state index is 13.5. The van der Waals surface area contributed by atoms with Gasteiger partial charge in [0.15, 0.2) is 0 Å². The van der Waals surface area contributed by atoms with E-state index in [2.05, 4.69) is 10.5 Å². The van der Waals surface area contributed by atoms with Gasteiger partial charge in [-0.3, -0.25) is 9.10 Å². The smallest absolute Gasteiger partial charge is 0.264 e. The second kappa shape index (κ2) is 10.4. The maximum Gasteiger partial charge on any atom is 0.264 e. The van der Waals surface area contributed by atoms with Crippen molar-refractivity contribution in [1.82, 2.24) is 5.43 Å². The molecule has 0 aliphatic heterocycles. The van der Waals surface area contributed by atoms with Gasteiger partial charge < -0.3 is 0 Å². The fourth-order valence-corrected chi connectivity index (χ4v) is 4.82. The molecule has 7 heteroatoms. The van der Waals surface area contributed by atoms with Crippen LogP contribution in [0.4, 0.5) is 5.69 Å². The Kier molecular flexibility index (Phi) is 7.66. The Morgan fingerprint density at radius 3 is 2.09 bits per heavy atom. The van der Waals surface area contributed by atoms with Gasteiger partial charge in [-0.05, 0) is 56.5 Å². The Morgan fingerprint density at radius 1 is 0.909 bits per heavy atom. The van der Waals surface area contributed by atoms with E-state index in [4.69, 9.17) is 0 Å². The Labute approximate surface area is 196 Å². The van der Waals surface area contributed by atoms with Gasteiger partial charge in [-0.15, -0.1) is 0 Å². The average molecular weight is 464 g/mol. The summed E-state index contributed by atoms with van der Waals surface area (Å²) >= 11 is 0. The van der Waals surface area contributed by atoms with E-state index in [1.807, 2.05) is 57.2 Å². The molecule has 0 aromatic heterocycles. The summed E-state index contributed by atoms with van der Waals surface area (Å²) in [5.41, 5.74) is 7.41. The molecule has 0 bridgehead atoms. The number of benzene rings is 3. The summed E-state index contributed by atoms with van der Waals surface area (Å²) in [6.07, 6.45) is 0.627. The lowest BCUT2D eigenvalue weighted by Crippen LogP contribution is -2.40. The standard InChI is InChI=1S/C26H29N3O3S/c1-5-22-8-6-7-9-25(22)29(33(31,32)24-16-12-20(3)13-17-24)18-26(30)28-27-21(4)23-14-10-19(2)11-15-23/h6-17H,5,18H2,1-4H3,(H,28,30)/b27-21-. The molecule has 1 amide bonds. The first-order valence-electron chi connectivity index (χ1n) is 10.8. The number of rotatable bonds is 8. The summed E-state index contributed by atoms with van der Waals surface area (Å²) in [5.74, 6) is -0.525. The highest BCUT2D eigenvalue weighted by molar-refractivity contribution is 7.92. The third-order valence-electron chi connectivity index (χ3n) is 5.36. The zero-order valence-corrected chi connectivity index (χ0v) is 20.2. The Bertz CT molecular complexity index is 1250. The molecule has 3 aromatic rings. The molecule has 3 aromatic carbocycles. The van der Waals surface area contributed by atoms with Crippen LogP contribution in [-0.2, 0) is 21.2 Å². The molecular weight excluding hydrogens is 434 g/mol. The molecule has 0 saturated carbocycles. The van der Waals surface area contributed by atoms with Crippen molar-refractivity contribution < 1.29 is 13.2 Å². The van der Waals surface area contributed by atoms with Crippen LogP contribution in [0.1, 0.15) is 36.1 Å². The van der Waals surface area contributed by atoms with Crippen LogP contribution in [0.2, 0.25) is 0 Å². The average Bonchev–Trinajstić information content (AvgIpc) is 2.81. The van der Waals surface area contributed by atoms with Crippen LogP contribution in [0.3, 0.4) is 0 Å². The van der Waals surface area contributed by atoms with Gasteiger partial charge in [-0.2, -0.15) is 5.10 Å². The molecule has 0 aliphatic carbocycles. The Balaban J connectivity index is 1.91. The summed E-state index contributed by atoms with van der Waals surface area (Å²) in [6.45, 7) is 7.23. The highest BCUT2D eigenvalue weighted by Gasteiger charge is 2.28. The maximum absolute atomic E-state index is 13.5. The Morgan fingerprint density at radius 2 is 1.48 bits per heavy atom. The molecule has 0 unspecified atom stereocenters. The first-order chi connectivity index (χ1) is 15.7. The number of anilines is 1. The predicted octanol–water partition coefficient (Wildman–Crippen LogP) is 4.60. The summed E-state index contributed by atoms with van der Waals surface area (Å²) in [6, 6.07) is 21.6. The third kappa shape index (κ3) is 5.87. The third-order valence-corrected chi connectivity index (χ3v) is 7.13. The van der Waals surface area contributed by atoms with Gasteiger partial charge in [0.05, 0.1) is 16.3 Å². The van der Waals surface area contributed by atoms with Crippen LogP contribution in [0.25, 0.3) is 0 Å². The van der Waals surface area contributed by atoms with Crippen LogP contribution in [0.15, 0.2) is 82.8 Å². The molecule has 0 radical (unpaired) electrons. The summed E-state index contributed by atoms with van der Waals surface area (Å²) in [7, 11) is -3.97. The number of sulfonamides is 1. The fraction of sp³-hybridized carbons (Fsp3) is 0.231. The molecule has 0 fully saturated rings. The molecule has 172 valence electrons. The van der Waals surface area contributed by atoms with Crippen molar-refractivity contribution in [2.24, 2.45) is 5.10 Å².